The van der Waals surface area contributed by atoms with Crippen molar-refractivity contribution in [3.63, 3.8) is 0 Å². The lowest BCUT2D eigenvalue weighted by Crippen LogP contribution is -2.35. The number of aliphatic hydroxyl groups excluding tert-OH is 1. The van der Waals surface area contributed by atoms with Crippen LogP contribution in [0.5, 0.6) is 0 Å². The third-order valence-corrected chi connectivity index (χ3v) is 4.02. The molecule has 1 N–H and O–H groups in total. The number of benzene rings is 1. The zero-order valence-electron chi connectivity index (χ0n) is 11.2. The molecule has 0 aliphatic heterocycles. The second-order valence-electron chi connectivity index (χ2n) is 4.78. The Hall–Kier alpha value is -0.280. The van der Waals surface area contributed by atoms with Gasteiger partial charge in [0.2, 0.25) is 0 Å². The highest BCUT2D eigenvalue weighted by Crippen LogP contribution is 2.30. The van der Waals surface area contributed by atoms with E-state index in [1.807, 2.05) is 26.2 Å². The van der Waals surface area contributed by atoms with Crippen LogP contribution >= 0.6 is 23.2 Å². The van der Waals surface area contributed by atoms with Crippen molar-refractivity contribution in [3.8, 4) is 0 Å². The van der Waals surface area contributed by atoms with E-state index in [0.717, 1.165) is 18.4 Å². The summed E-state index contributed by atoms with van der Waals surface area (Å²) in [5, 5.41) is 10.8. The highest BCUT2D eigenvalue weighted by Gasteiger charge is 2.24. The van der Waals surface area contributed by atoms with Crippen LogP contribution in [0.1, 0.15) is 31.2 Å². The fraction of sp³-hybridized carbons (Fsp3) is 0.571. The molecular formula is C14H21Cl2NO. The zero-order valence-corrected chi connectivity index (χ0v) is 12.7. The first-order valence-corrected chi connectivity index (χ1v) is 6.99. The van der Waals surface area contributed by atoms with Gasteiger partial charge in [0, 0.05) is 12.0 Å². The van der Waals surface area contributed by atoms with E-state index < -0.39 is 0 Å². The Labute approximate surface area is 120 Å². The van der Waals surface area contributed by atoms with E-state index >= 15 is 0 Å². The molecule has 0 saturated heterocycles. The minimum Gasteiger partial charge on any atom is -0.396 e. The summed E-state index contributed by atoms with van der Waals surface area (Å²) in [5.74, 6) is 0.0646. The molecule has 18 heavy (non-hydrogen) atoms. The normalized spacial score (nSPS) is 14.8. The van der Waals surface area contributed by atoms with Crippen LogP contribution in [0.15, 0.2) is 18.2 Å². The summed E-state index contributed by atoms with van der Waals surface area (Å²) in [4.78, 5) is 2.16. The van der Waals surface area contributed by atoms with Gasteiger partial charge in [0.05, 0.1) is 16.7 Å². The van der Waals surface area contributed by atoms with Gasteiger partial charge in [0.15, 0.2) is 0 Å². The summed E-state index contributed by atoms with van der Waals surface area (Å²) in [5.41, 5.74) is 1.04. The van der Waals surface area contributed by atoms with Crippen LogP contribution in [0.25, 0.3) is 0 Å². The van der Waals surface area contributed by atoms with Crippen molar-refractivity contribution >= 4 is 23.2 Å². The largest absolute Gasteiger partial charge is 0.396 e. The molecule has 102 valence electrons. The fourth-order valence-corrected chi connectivity index (χ4v) is 2.61. The van der Waals surface area contributed by atoms with Crippen molar-refractivity contribution < 1.29 is 5.11 Å². The van der Waals surface area contributed by atoms with Crippen LogP contribution in [0.3, 0.4) is 0 Å². The number of hydrogen-bond acceptors (Lipinski definition) is 2. The SMILES string of the molecule is CCCC(C(CO)c1ccc(Cl)c(Cl)c1)N(C)C. The van der Waals surface area contributed by atoms with Gasteiger partial charge in [-0.2, -0.15) is 0 Å². The molecule has 0 aromatic heterocycles. The van der Waals surface area contributed by atoms with Crippen molar-refractivity contribution in [2.24, 2.45) is 0 Å². The molecule has 2 unspecified atom stereocenters. The predicted octanol–water partition coefficient (Wildman–Crippen LogP) is 3.80. The average Bonchev–Trinajstić information content (AvgIpc) is 2.33. The summed E-state index contributed by atoms with van der Waals surface area (Å²) in [6.07, 6.45) is 2.12. The zero-order chi connectivity index (χ0) is 13.7. The lowest BCUT2D eigenvalue weighted by atomic mass is 9.89. The maximum absolute atomic E-state index is 9.68. The van der Waals surface area contributed by atoms with Crippen LogP contribution in [-0.2, 0) is 0 Å². The highest BCUT2D eigenvalue weighted by atomic mass is 35.5. The third kappa shape index (κ3) is 3.86. The molecule has 0 aliphatic carbocycles. The second kappa shape index (κ2) is 7.34. The summed E-state index contributed by atoms with van der Waals surface area (Å²) in [6, 6.07) is 5.90. The highest BCUT2D eigenvalue weighted by molar-refractivity contribution is 6.42. The molecule has 0 aliphatic rings. The van der Waals surface area contributed by atoms with E-state index in [2.05, 4.69) is 11.8 Å². The van der Waals surface area contributed by atoms with Crippen LogP contribution in [-0.4, -0.2) is 36.8 Å². The van der Waals surface area contributed by atoms with E-state index in [4.69, 9.17) is 23.2 Å². The first-order valence-electron chi connectivity index (χ1n) is 6.23. The van der Waals surface area contributed by atoms with Crippen LogP contribution in [0.2, 0.25) is 10.0 Å². The summed E-state index contributed by atoms with van der Waals surface area (Å²) >= 11 is 12.0. The summed E-state index contributed by atoms with van der Waals surface area (Å²) in [6.45, 7) is 2.26. The van der Waals surface area contributed by atoms with Gasteiger partial charge in [0.25, 0.3) is 0 Å². The van der Waals surface area contributed by atoms with E-state index in [1.54, 1.807) is 6.07 Å². The van der Waals surface area contributed by atoms with E-state index in [0.29, 0.717) is 16.1 Å². The van der Waals surface area contributed by atoms with Gasteiger partial charge in [-0.1, -0.05) is 42.6 Å². The molecular weight excluding hydrogens is 269 g/mol. The number of aliphatic hydroxyl groups is 1. The predicted molar refractivity (Wildman–Crippen MR) is 78.7 cm³/mol. The van der Waals surface area contributed by atoms with E-state index in [9.17, 15) is 5.11 Å². The smallest absolute Gasteiger partial charge is 0.0595 e. The molecule has 0 bridgehead atoms. The molecule has 0 radical (unpaired) electrons. The van der Waals surface area contributed by atoms with Crippen LogP contribution < -0.4 is 0 Å². The van der Waals surface area contributed by atoms with Crippen molar-refractivity contribution in [1.29, 1.82) is 0 Å². The summed E-state index contributed by atoms with van der Waals surface area (Å²) in [7, 11) is 4.08. The molecule has 0 fully saturated rings. The molecule has 0 heterocycles. The van der Waals surface area contributed by atoms with Crippen molar-refractivity contribution in [3.05, 3.63) is 33.8 Å². The van der Waals surface area contributed by atoms with Gasteiger partial charge in [0.1, 0.15) is 0 Å². The number of rotatable bonds is 6. The quantitative estimate of drug-likeness (QED) is 0.861. The number of likely N-dealkylation sites (N-methyl/N-ethyl adjacent to an activating group) is 1. The van der Waals surface area contributed by atoms with Gasteiger partial charge < -0.3 is 10.0 Å². The number of halogens is 2. The Balaban J connectivity index is 3.02. The van der Waals surface area contributed by atoms with Crippen molar-refractivity contribution in [2.45, 2.75) is 31.7 Å². The maximum atomic E-state index is 9.68. The van der Waals surface area contributed by atoms with Gasteiger partial charge in [-0.3, -0.25) is 0 Å². The van der Waals surface area contributed by atoms with Gasteiger partial charge in [-0.25, -0.2) is 0 Å². The average molecular weight is 290 g/mol. The molecule has 0 amide bonds. The fourth-order valence-electron chi connectivity index (χ4n) is 2.31. The minimum absolute atomic E-state index is 0.0646. The maximum Gasteiger partial charge on any atom is 0.0595 e. The van der Waals surface area contributed by atoms with E-state index in [-0.39, 0.29) is 12.5 Å². The molecule has 0 saturated carbocycles. The van der Waals surface area contributed by atoms with Gasteiger partial charge in [-0.15, -0.1) is 0 Å². The number of hydrogen-bond donors (Lipinski definition) is 1. The lowest BCUT2D eigenvalue weighted by Gasteiger charge is -2.31. The second-order valence-corrected chi connectivity index (χ2v) is 5.60. The first-order chi connectivity index (χ1) is 8.51. The molecule has 2 nitrogen and oxygen atoms in total. The Bertz CT molecular complexity index is 382. The molecule has 2 atom stereocenters. The molecule has 1 aromatic carbocycles. The van der Waals surface area contributed by atoms with Crippen molar-refractivity contribution in [1.82, 2.24) is 4.90 Å². The first kappa shape index (κ1) is 15.8. The Morgan fingerprint density at radius 2 is 1.89 bits per heavy atom. The standard InChI is InChI=1S/C14H21Cl2NO/c1-4-5-14(17(2)3)11(9-18)10-6-7-12(15)13(16)8-10/h6-8,11,14,18H,4-5,9H2,1-3H3. The number of nitrogens with zero attached hydrogens (tertiary/aromatic N) is 1. The Morgan fingerprint density at radius 3 is 2.33 bits per heavy atom. The third-order valence-electron chi connectivity index (χ3n) is 3.28. The monoisotopic (exact) mass is 289 g/mol. The van der Waals surface area contributed by atoms with Crippen molar-refractivity contribution in [2.75, 3.05) is 20.7 Å². The molecule has 1 aromatic rings. The minimum atomic E-state index is 0.0646. The topological polar surface area (TPSA) is 23.5 Å². The molecule has 1 rings (SSSR count). The van der Waals surface area contributed by atoms with E-state index in [1.165, 1.54) is 0 Å². The Kier molecular flexibility index (Phi) is 6.44. The van der Waals surface area contributed by atoms with Crippen LogP contribution in [0.4, 0.5) is 0 Å². The Morgan fingerprint density at radius 1 is 1.22 bits per heavy atom. The molecule has 4 heteroatoms. The summed E-state index contributed by atoms with van der Waals surface area (Å²) < 4.78 is 0. The van der Waals surface area contributed by atoms with Crippen LogP contribution in [0, 0.1) is 0 Å². The lowest BCUT2D eigenvalue weighted by molar-refractivity contribution is 0.170. The molecule has 0 spiro atoms. The van der Waals surface area contributed by atoms with Gasteiger partial charge >= 0.3 is 0 Å². The van der Waals surface area contributed by atoms with Gasteiger partial charge in [-0.05, 0) is 38.2 Å².